The zero-order chi connectivity index (χ0) is 8.81. The van der Waals surface area contributed by atoms with Crippen LogP contribution in [0.5, 0.6) is 0 Å². The molecule has 1 rings (SSSR count). The summed E-state index contributed by atoms with van der Waals surface area (Å²) in [6.07, 6.45) is 2.23. The highest BCUT2D eigenvalue weighted by molar-refractivity contribution is 5.71. The minimum atomic E-state index is -0.182. The molecule has 0 unspecified atom stereocenters. The molecule has 0 N–H and O–H groups in total. The van der Waals surface area contributed by atoms with Gasteiger partial charge in [0.25, 0.3) is 0 Å². The zero-order valence-corrected chi connectivity index (χ0v) is 6.99. The Morgan fingerprint density at radius 1 is 1.58 bits per heavy atom. The number of hydrogen-bond donors (Lipinski definition) is 0. The van der Waals surface area contributed by atoms with E-state index in [1.54, 1.807) is 0 Å². The molecule has 4 heteroatoms. The van der Waals surface area contributed by atoms with Crippen LogP contribution in [-0.4, -0.2) is 43.4 Å². The smallest absolute Gasteiger partial charge is 0.320 e. The summed E-state index contributed by atoms with van der Waals surface area (Å²) in [5, 5.41) is 0. The van der Waals surface area contributed by atoms with Crippen molar-refractivity contribution in [3.05, 3.63) is 0 Å². The minimum absolute atomic E-state index is 0.182. The minimum Gasteiger partial charge on any atom is -0.465 e. The first-order chi connectivity index (χ1) is 5.83. The van der Waals surface area contributed by atoms with Crippen molar-refractivity contribution in [2.75, 3.05) is 26.2 Å². The quantitative estimate of drug-likeness (QED) is 0.436. The Labute approximate surface area is 71.5 Å². The first-order valence-electron chi connectivity index (χ1n) is 4.14. The first kappa shape index (κ1) is 9.19. The Kier molecular flexibility index (Phi) is 3.73. The van der Waals surface area contributed by atoms with Gasteiger partial charge in [-0.3, -0.25) is 9.69 Å². The van der Waals surface area contributed by atoms with Crippen LogP contribution in [0.15, 0.2) is 0 Å². The molecular formula is C8H13NO3. The summed E-state index contributed by atoms with van der Waals surface area (Å²) in [6.45, 7) is 2.35. The van der Waals surface area contributed by atoms with Gasteiger partial charge < -0.3 is 9.53 Å². The molecule has 4 nitrogen and oxygen atoms in total. The Morgan fingerprint density at radius 3 is 3.17 bits per heavy atom. The predicted molar refractivity (Wildman–Crippen MR) is 42.7 cm³/mol. The highest BCUT2D eigenvalue weighted by Crippen LogP contribution is 2.00. The molecule has 0 radical (unpaired) electrons. The van der Waals surface area contributed by atoms with E-state index in [-0.39, 0.29) is 5.97 Å². The third-order valence-electron chi connectivity index (χ3n) is 1.80. The highest BCUT2D eigenvalue weighted by atomic mass is 16.5. The van der Waals surface area contributed by atoms with Crippen LogP contribution in [-0.2, 0) is 14.3 Å². The number of aldehydes is 1. The number of carbonyl (C=O) groups is 2. The molecule has 0 aromatic rings. The van der Waals surface area contributed by atoms with Crippen LogP contribution in [0.2, 0.25) is 0 Å². The van der Waals surface area contributed by atoms with Crippen molar-refractivity contribution in [1.29, 1.82) is 0 Å². The fourth-order valence-corrected chi connectivity index (χ4v) is 1.21. The lowest BCUT2D eigenvalue weighted by molar-refractivity contribution is -0.143. The molecule has 12 heavy (non-hydrogen) atoms. The number of ether oxygens (including phenoxy) is 1. The summed E-state index contributed by atoms with van der Waals surface area (Å²) in [4.78, 5) is 22.9. The largest absolute Gasteiger partial charge is 0.465 e. The first-order valence-corrected chi connectivity index (χ1v) is 4.14. The van der Waals surface area contributed by atoms with Crippen molar-refractivity contribution in [1.82, 2.24) is 4.90 Å². The van der Waals surface area contributed by atoms with Crippen molar-refractivity contribution in [2.45, 2.75) is 12.8 Å². The van der Waals surface area contributed by atoms with E-state index in [0.29, 0.717) is 26.1 Å². The van der Waals surface area contributed by atoms with E-state index in [1.165, 1.54) is 0 Å². The predicted octanol–water partition coefficient (Wildman–Crippen LogP) is -0.176. The van der Waals surface area contributed by atoms with Crippen LogP contribution in [0.1, 0.15) is 12.8 Å². The van der Waals surface area contributed by atoms with Crippen molar-refractivity contribution in [3.8, 4) is 0 Å². The molecule has 0 spiro atoms. The van der Waals surface area contributed by atoms with Crippen molar-refractivity contribution in [2.24, 2.45) is 0 Å². The third-order valence-corrected chi connectivity index (χ3v) is 1.80. The summed E-state index contributed by atoms with van der Waals surface area (Å²) in [5.41, 5.74) is 0. The molecule has 1 saturated heterocycles. The molecule has 0 atom stereocenters. The summed E-state index contributed by atoms with van der Waals surface area (Å²) < 4.78 is 4.84. The lowest BCUT2D eigenvalue weighted by Crippen LogP contribution is -2.30. The van der Waals surface area contributed by atoms with Gasteiger partial charge in [-0.05, 0) is 6.42 Å². The fraction of sp³-hybridized carbons (Fsp3) is 0.750. The molecule has 68 valence electrons. The number of rotatable bonds is 3. The van der Waals surface area contributed by atoms with Gasteiger partial charge in [-0.2, -0.15) is 0 Å². The second kappa shape index (κ2) is 4.87. The molecule has 1 heterocycles. The number of esters is 1. The van der Waals surface area contributed by atoms with Crippen molar-refractivity contribution < 1.29 is 14.3 Å². The van der Waals surface area contributed by atoms with Gasteiger partial charge in [0.15, 0.2) is 0 Å². The Balaban J connectivity index is 2.30. The van der Waals surface area contributed by atoms with E-state index in [0.717, 1.165) is 19.3 Å². The third kappa shape index (κ3) is 3.00. The van der Waals surface area contributed by atoms with Crippen LogP contribution in [0.3, 0.4) is 0 Å². The molecule has 1 aliphatic rings. The fourth-order valence-electron chi connectivity index (χ4n) is 1.21. The summed E-state index contributed by atoms with van der Waals surface area (Å²) in [5.74, 6) is -0.182. The van der Waals surface area contributed by atoms with E-state index in [1.807, 2.05) is 4.90 Å². The molecule has 0 saturated carbocycles. The standard InChI is InChI=1S/C8H13NO3/c10-5-1-3-9-4-2-6-12-8(11)7-9/h5H,1-4,6-7H2. The molecule has 0 aromatic heterocycles. The van der Waals surface area contributed by atoms with Gasteiger partial charge in [-0.1, -0.05) is 0 Å². The summed E-state index contributed by atoms with van der Waals surface area (Å²) in [7, 11) is 0. The van der Waals surface area contributed by atoms with Crippen LogP contribution < -0.4 is 0 Å². The Morgan fingerprint density at radius 2 is 2.42 bits per heavy atom. The SMILES string of the molecule is O=CCCN1CCCOC(=O)C1. The van der Waals surface area contributed by atoms with E-state index in [4.69, 9.17) is 4.74 Å². The maximum absolute atomic E-state index is 10.9. The molecular weight excluding hydrogens is 158 g/mol. The van der Waals surface area contributed by atoms with Crippen LogP contribution in [0.25, 0.3) is 0 Å². The van der Waals surface area contributed by atoms with Crippen LogP contribution in [0, 0.1) is 0 Å². The summed E-state index contributed by atoms with van der Waals surface area (Å²) in [6, 6.07) is 0. The molecule has 0 bridgehead atoms. The van der Waals surface area contributed by atoms with Gasteiger partial charge in [0, 0.05) is 19.5 Å². The maximum Gasteiger partial charge on any atom is 0.320 e. The van der Waals surface area contributed by atoms with Crippen LogP contribution in [0.4, 0.5) is 0 Å². The number of nitrogens with zero attached hydrogens (tertiary/aromatic N) is 1. The average Bonchev–Trinajstić information content (AvgIpc) is 2.26. The highest BCUT2D eigenvalue weighted by Gasteiger charge is 2.14. The van der Waals surface area contributed by atoms with Crippen LogP contribution >= 0.6 is 0 Å². The van der Waals surface area contributed by atoms with Gasteiger partial charge >= 0.3 is 5.97 Å². The van der Waals surface area contributed by atoms with E-state index in [2.05, 4.69) is 0 Å². The van der Waals surface area contributed by atoms with E-state index < -0.39 is 0 Å². The van der Waals surface area contributed by atoms with Gasteiger partial charge in [0.1, 0.15) is 6.29 Å². The topological polar surface area (TPSA) is 46.6 Å². The van der Waals surface area contributed by atoms with Gasteiger partial charge in [0.2, 0.25) is 0 Å². The number of carbonyl (C=O) groups excluding carboxylic acids is 2. The number of hydrogen-bond acceptors (Lipinski definition) is 4. The average molecular weight is 171 g/mol. The molecule has 0 aliphatic carbocycles. The lowest BCUT2D eigenvalue weighted by atomic mass is 10.3. The second-order valence-corrected chi connectivity index (χ2v) is 2.81. The Bertz CT molecular complexity index is 170. The monoisotopic (exact) mass is 171 g/mol. The maximum atomic E-state index is 10.9. The summed E-state index contributed by atoms with van der Waals surface area (Å²) >= 11 is 0. The van der Waals surface area contributed by atoms with Crippen molar-refractivity contribution in [3.63, 3.8) is 0 Å². The molecule has 0 aromatic carbocycles. The van der Waals surface area contributed by atoms with E-state index in [9.17, 15) is 9.59 Å². The van der Waals surface area contributed by atoms with Gasteiger partial charge in [-0.25, -0.2) is 0 Å². The van der Waals surface area contributed by atoms with Gasteiger partial charge in [-0.15, -0.1) is 0 Å². The van der Waals surface area contributed by atoms with Gasteiger partial charge in [0.05, 0.1) is 13.2 Å². The molecule has 1 fully saturated rings. The Hall–Kier alpha value is -0.900. The molecule has 0 amide bonds. The number of cyclic esters (lactones) is 1. The molecule has 1 aliphatic heterocycles. The zero-order valence-electron chi connectivity index (χ0n) is 6.99. The van der Waals surface area contributed by atoms with Crippen molar-refractivity contribution >= 4 is 12.3 Å². The van der Waals surface area contributed by atoms with E-state index >= 15 is 0 Å². The normalized spacial score (nSPS) is 19.8. The second-order valence-electron chi connectivity index (χ2n) is 2.81. The lowest BCUT2D eigenvalue weighted by Gasteiger charge is -2.15.